The van der Waals surface area contributed by atoms with E-state index in [1.807, 2.05) is 6.08 Å². The van der Waals surface area contributed by atoms with Crippen molar-refractivity contribution in [1.29, 1.82) is 0 Å². The van der Waals surface area contributed by atoms with Crippen molar-refractivity contribution >= 4 is 17.9 Å². The standard InChI is InChI=1S/C69H116O6/c1-4-7-10-13-16-19-22-25-28-31-33-34-36-39-42-45-48-51-54-57-60-63-69(72)75-66(64-73-67(70)61-58-55-52-49-46-43-40-37-30-27-24-21-18-15-12-9-6-3)65-74-68(71)62-59-56-53-50-47-44-41-38-35-32-29-26-23-20-17-14-11-8-5-2/h8,11,17,20,26-27,29-30,35,38,40,43-44,47,49,52-53,56,66H,4-7,9-10,12-16,18-19,21-25,28,31-34,36-37,39,41-42,45-46,48,50-51,54-55,57-65H2,1-3H3/b11-8-,20-17-,29-26-,30-27-,38-35-,43-40-,47-44-,52-49-,56-53-/t66-/m0/s1. The zero-order chi connectivity index (χ0) is 54.3. The monoisotopic (exact) mass is 1040 g/mol. The molecule has 0 saturated heterocycles. The molecule has 0 fully saturated rings. The van der Waals surface area contributed by atoms with E-state index < -0.39 is 6.10 Å². The lowest BCUT2D eigenvalue weighted by atomic mass is 10.0. The van der Waals surface area contributed by atoms with Crippen LogP contribution in [0.25, 0.3) is 0 Å². The van der Waals surface area contributed by atoms with Gasteiger partial charge in [0, 0.05) is 19.3 Å². The summed E-state index contributed by atoms with van der Waals surface area (Å²) in [7, 11) is 0. The van der Waals surface area contributed by atoms with Crippen LogP contribution in [0.3, 0.4) is 0 Å². The number of hydrogen-bond acceptors (Lipinski definition) is 6. The molecule has 1 atom stereocenters. The maximum Gasteiger partial charge on any atom is 0.306 e. The van der Waals surface area contributed by atoms with Gasteiger partial charge in [0.15, 0.2) is 6.10 Å². The Hall–Kier alpha value is -3.93. The van der Waals surface area contributed by atoms with E-state index in [0.717, 1.165) is 77.0 Å². The summed E-state index contributed by atoms with van der Waals surface area (Å²) < 4.78 is 16.8. The lowest BCUT2D eigenvalue weighted by molar-refractivity contribution is -0.166. The van der Waals surface area contributed by atoms with Gasteiger partial charge in [-0.15, -0.1) is 0 Å². The molecule has 0 spiro atoms. The Morgan fingerprint density at radius 1 is 0.280 bits per heavy atom. The summed E-state index contributed by atoms with van der Waals surface area (Å²) in [5.41, 5.74) is 0. The Balaban J connectivity index is 4.52. The van der Waals surface area contributed by atoms with E-state index in [2.05, 4.69) is 124 Å². The molecular formula is C69H116O6. The van der Waals surface area contributed by atoms with Gasteiger partial charge in [-0.3, -0.25) is 14.4 Å². The molecule has 6 heteroatoms. The molecule has 0 amide bonds. The minimum absolute atomic E-state index is 0.127. The van der Waals surface area contributed by atoms with Gasteiger partial charge in [0.2, 0.25) is 0 Å². The van der Waals surface area contributed by atoms with E-state index in [-0.39, 0.29) is 44.0 Å². The second-order valence-corrected chi connectivity index (χ2v) is 20.6. The molecule has 0 aliphatic heterocycles. The van der Waals surface area contributed by atoms with Crippen LogP contribution >= 0.6 is 0 Å². The third-order valence-corrected chi connectivity index (χ3v) is 13.3. The van der Waals surface area contributed by atoms with Crippen LogP contribution in [0.4, 0.5) is 0 Å². The molecule has 75 heavy (non-hydrogen) atoms. The molecule has 0 aromatic carbocycles. The van der Waals surface area contributed by atoms with Gasteiger partial charge >= 0.3 is 17.9 Å². The first-order valence-electron chi connectivity index (χ1n) is 31.4. The molecule has 0 bridgehead atoms. The highest BCUT2D eigenvalue weighted by atomic mass is 16.6. The molecule has 0 saturated carbocycles. The van der Waals surface area contributed by atoms with Gasteiger partial charge in [-0.2, -0.15) is 0 Å². The van der Waals surface area contributed by atoms with Crippen molar-refractivity contribution in [3.05, 3.63) is 109 Å². The molecule has 428 valence electrons. The van der Waals surface area contributed by atoms with Crippen molar-refractivity contribution in [3.8, 4) is 0 Å². The molecule has 0 aromatic heterocycles. The number of allylic oxidation sites excluding steroid dienone is 18. The minimum Gasteiger partial charge on any atom is -0.462 e. The molecule has 6 nitrogen and oxygen atoms in total. The summed E-state index contributed by atoms with van der Waals surface area (Å²) in [6.45, 7) is 6.44. The fourth-order valence-corrected chi connectivity index (χ4v) is 8.60. The molecule has 0 N–H and O–H groups in total. The van der Waals surface area contributed by atoms with E-state index >= 15 is 0 Å². The van der Waals surface area contributed by atoms with Crippen LogP contribution in [0.1, 0.15) is 290 Å². The number of esters is 3. The van der Waals surface area contributed by atoms with Crippen molar-refractivity contribution in [3.63, 3.8) is 0 Å². The molecular weight excluding hydrogens is 925 g/mol. The van der Waals surface area contributed by atoms with Crippen LogP contribution < -0.4 is 0 Å². The SMILES string of the molecule is CC/C=C\C/C=C\C/C=C\C/C=C\C/C=C\C/C=C\CCC(=O)OC[C@H](COC(=O)CCC/C=C\C/C=C\C/C=C\CCCCCCCC)OC(=O)CCCCCCCCCCCCCCCCCCCCCCC. The van der Waals surface area contributed by atoms with Gasteiger partial charge in [-0.25, -0.2) is 0 Å². The fraction of sp³-hybridized carbons (Fsp3) is 0.696. The Bertz CT molecular complexity index is 1520. The highest BCUT2D eigenvalue weighted by molar-refractivity contribution is 5.71. The van der Waals surface area contributed by atoms with Gasteiger partial charge in [0.05, 0.1) is 0 Å². The summed E-state index contributed by atoms with van der Waals surface area (Å²) in [5.74, 6) is -1.05. The quantitative estimate of drug-likeness (QED) is 0.0261. The normalized spacial score (nSPS) is 12.8. The molecule has 0 aliphatic rings. The Labute approximate surface area is 463 Å². The predicted octanol–water partition coefficient (Wildman–Crippen LogP) is 21.4. The van der Waals surface area contributed by atoms with Crippen LogP contribution in [-0.4, -0.2) is 37.2 Å². The highest BCUT2D eigenvalue weighted by Crippen LogP contribution is 2.16. The van der Waals surface area contributed by atoms with Gasteiger partial charge in [0.1, 0.15) is 13.2 Å². The topological polar surface area (TPSA) is 78.9 Å². The molecule has 0 aromatic rings. The number of hydrogen-bond donors (Lipinski definition) is 0. The molecule has 0 heterocycles. The summed E-state index contributed by atoms with van der Waals surface area (Å²) in [6.07, 6.45) is 85.4. The summed E-state index contributed by atoms with van der Waals surface area (Å²) in [5, 5.41) is 0. The van der Waals surface area contributed by atoms with Gasteiger partial charge in [0.25, 0.3) is 0 Å². The van der Waals surface area contributed by atoms with Crippen LogP contribution in [0.2, 0.25) is 0 Å². The predicted molar refractivity (Wildman–Crippen MR) is 325 cm³/mol. The zero-order valence-corrected chi connectivity index (χ0v) is 49.0. The Kier molecular flexibility index (Phi) is 59.3. The number of ether oxygens (including phenoxy) is 3. The van der Waals surface area contributed by atoms with Crippen LogP contribution in [0.5, 0.6) is 0 Å². The Morgan fingerprint density at radius 2 is 0.560 bits per heavy atom. The lowest BCUT2D eigenvalue weighted by Gasteiger charge is -2.18. The average molecular weight is 1040 g/mol. The van der Waals surface area contributed by atoms with Gasteiger partial charge in [-0.05, 0) is 89.9 Å². The van der Waals surface area contributed by atoms with Crippen molar-refractivity contribution < 1.29 is 28.6 Å². The van der Waals surface area contributed by atoms with Gasteiger partial charge in [-0.1, -0.05) is 291 Å². The maximum absolute atomic E-state index is 12.9. The molecule has 0 aliphatic carbocycles. The van der Waals surface area contributed by atoms with Crippen molar-refractivity contribution in [1.82, 2.24) is 0 Å². The highest BCUT2D eigenvalue weighted by Gasteiger charge is 2.19. The van der Waals surface area contributed by atoms with Crippen LogP contribution in [0, 0.1) is 0 Å². The maximum atomic E-state index is 12.9. The van der Waals surface area contributed by atoms with Crippen molar-refractivity contribution in [2.45, 2.75) is 297 Å². The van der Waals surface area contributed by atoms with Crippen molar-refractivity contribution in [2.75, 3.05) is 13.2 Å². The van der Waals surface area contributed by atoms with Crippen LogP contribution in [-0.2, 0) is 28.6 Å². The number of rotatable bonds is 56. The largest absolute Gasteiger partial charge is 0.462 e. The van der Waals surface area contributed by atoms with Crippen molar-refractivity contribution in [2.24, 2.45) is 0 Å². The zero-order valence-electron chi connectivity index (χ0n) is 49.0. The first-order valence-corrected chi connectivity index (χ1v) is 31.4. The van der Waals surface area contributed by atoms with Crippen LogP contribution in [0.15, 0.2) is 109 Å². The number of unbranched alkanes of at least 4 members (excludes halogenated alkanes) is 27. The first-order chi connectivity index (χ1) is 37.0. The summed E-state index contributed by atoms with van der Waals surface area (Å²) >= 11 is 0. The Morgan fingerprint density at radius 3 is 0.933 bits per heavy atom. The fourth-order valence-electron chi connectivity index (χ4n) is 8.60. The third-order valence-electron chi connectivity index (χ3n) is 13.3. The van der Waals surface area contributed by atoms with E-state index in [1.165, 1.54) is 161 Å². The van der Waals surface area contributed by atoms with E-state index in [0.29, 0.717) is 19.3 Å². The lowest BCUT2D eigenvalue weighted by Crippen LogP contribution is -2.30. The second-order valence-electron chi connectivity index (χ2n) is 20.6. The van der Waals surface area contributed by atoms with E-state index in [1.54, 1.807) is 0 Å². The first kappa shape index (κ1) is 71.1. The molecule has 0 rings (SSSR count). The number of carbonyl (C=O) groups excluding carboxylic acids is 3. The average Bonchev–Trinajstić information content (AvgIpc) is 3.41. The minimum atomic E-state index is -0.830. The second kappa shape index (κ2) is 62.6. The smallest absolute Gasteiger partial charge is 0.306 e. The third kappa shape index (κ3) is 60.8. The summed E-state index contributed by atoms with van der Waals surface area (Å²) in [4.78, 5) is 38.2. The van der Waals surface area contributed by atoms with Gasteiger partial charge < -0.3 is 14.2 Å². The number of carbonyl (C=O) groups is 3. The molecule has 0 radical (unpaired) electrons. The van der Waals surface area contributed by atoms with E-state index in [9.17, 15) is 14.4 Å². The summed E-state index contributed by atoms with van der Waals surface area (Å²) in [6, 6.07) is 0. The molecule has 0 unspecified atom stereocenters. The van der Waals surface area contributed by atoms with E-state index in [4.69, 9.17) is 14.2 Å².